The van der Waals surface area contributed by atoms with E-state index < -0.39 is 10.1 Å². The second kappa shape index (κ2) is 15.8. The highest BCUT2D eigenvalue weighted by Crippen LogP contribution is 2.05. The fourth-order valence-electron chi connectivity index (χ4n) is 1.35. The molecule has 0 radical (unpaired) electrons. The molecule has 4 N–H and O–H groups in total. The summed E-state index contributed by atoms with van der Waals surface area (Å²) < 4.78 is 28.9. The van der Waals surface area contributed by atoms with Gasteiger partial charge in [0.2, 0.25) is 0 Å². The number of aliphatic hydroxyl groups excluding tert-OH is 2. The standard InChI is InChI=1S/C8H18O3S.C4H11NO2/c1-2-3-4-5-6-7-8-12(9,10)11;6-3-1-5-2-4-7/h2-8H2,1H3,(H,9,10,11);5-7H,1-4H2. The smallest absolute Gasteiger partial charge is 0.264 e. The molecule has 0 fully saturated rings. The average Bonchev–Trinajstić information content (AvgIpc) is 2.34. The maximum atomic E-state index is 10.3. The van der Waals surface area contributed by atoms with Gasteiger partial charge in [-0.05, 0) is 6.42 Å². The zero-order valence-corrected chi connectivity index (χ0v) is 12.7. The van der Waals surface area contributed by atoms with Crippen LogP contribution < -0.4 is 5.32 Å². The maximum Gasteiger partial charge on any atom is 0.264 e. The summed E-state index contributed by atoms with van der Waals surface area (Å²) in [5.74, 6) is -0.0842. The Bertz CT molecular complexity index is 253. The van der Waals surface area contributed by atoms with Gasteiger partial charge in [-0.2, -0.15) is 8.42 Å². The summed E-state index contributed by atoms with van der Waals surface area (Å²) >= 11 is 0. The lowest BCUT2D eigenvalue weighted by Crippen LogP contribution is -2.21. The molecule has 0 aliphatic carbocycles. The molecule has 0 spiro atoms. The highest BCUT2D eigenvalue weighted by atomic mass is 32.2. The third-order valence-corrected chi connectivity index (χ3v) is 3.14. The van der Waals surface area contributed by atoms with E-state index in [2.05, 4.69) is 12.2 Å². The van der Waals surface area contributed by atoms with Crippen LogP contribution in [0, 0.1) is 0 Å². The van der Waals surface area contributed by atoms with Gasteiger partial charge in [-0.25, -0.2) is 0 Å². The van der Waals surface area contributed by atoms with Crippen molar-refractivity contribution in [1.29, 1.82) is 0 Å². The third kappa shape index (κ3) is 27.1. The fourth-order valence-corrected chi connectivity index (χ4v) is 1.92. The molecule has 0 aromatic rings. The lowest BCUT2D eigenvalue weighted by atomic mass is 10.1. The van der Waals surface area contributed by atoms with Gasteiger partial charge in [0.05, 0.1) is 19.0 Å². The molecule has 0 unspecified atom stereocenters. The van der Waals surface area contributed by atoms with E-state index in [1.165, 1.54) is 19.3 Å². The Morgan fingerprint density at radius 2 is 1.37 bits per heavy atom. The molecule has 0 aliphatic rings. The number of hydrogen-bond donors (Lipinski definition) is 4. The van der Waals surface area contributed by atoms with Crippen LogP contribution >= 0.6 is 0 Å². The van der Waals surface area contributed by atoms with Gasteiger partial charge in [0.15, 0.2) is 0 Å². The first-order valence-corrected chi connectivity index (χ1v) is 8.46. The predicted octanol–water partition coefficient (Wildman–Crippen LogP) is 0.795. The normalized spacial score (nSPS) is 10.9. The summed E-state index contributed by atoms with van der Waals surface area (Å²) in [5.41, 5.74) is 0. The van der Waals surface area contributed by atoms with Crippen molar-refractivity contribution in [3.8, 4) is 0 Å². The van der Waals surface area contributed by atoms with Crippen LogP contribution in [0.2, 0.25) is 0 Å². The van der Waals surface area contributed by atoms with E-state index in [1.54, 1.807) is 0 Å². The van der Waals surface area contributed by atoms with Gasteiger partial charge in [0, 0.05) is 13.1 Å². The fraction of sp³-hybridized carbons (Fsp3) is 1.00. The quantitative estimate of drug-likeness (QED) is 0.332. The van der Waals surface area contributed by atoms with E-state index in [9.17, 15) is 8.42 Å². The summed E-state index contributed by atoms with van der Waals surface area (Å²) in [6, 6.07) is 0. The molecule has 0 saturated carbocycles. The first-order chi connectivity index (χ1) is 8.97. The highest BCUT2D eigenvalue weighted by Gasteiger charge is 2.02. The highest BCUT2D eigenvalue weighted by molar-refractivity contribution is 7.85. The van der Waals surface area contributed by atoms with E-state index >= 15 is 0 Å². The zero-order chi connectivity index (χ0) is 15.0. The number of unbranched alkanes of at least 4 members (excludes halogenated alkanes) is 5. The molecule has 0 atom stereocenters. The average molecular weight is 299 g/mol. The Hall–Kier alpha value is -0.210. The summed E-state index contributed by atoms with van der Waals surface area (Å²) in [6.45, 7) is 3.55. The van der Waals surface area contributed by atoms with E-state index in [4.69, 9.17) is 14.8 Å². The maximum absolute atomic E-state index is 10.3. The van der Waals surface area contributed by atoms with E-state index in [0.29, 0.717) is 19.5 Å². The molecule has 0 aromatic carbocycles. The Kier molecular flexibility index (Phi) is 17.6. The lowest BCUT2D eigenvalue weighted by Gasteiger charge is -1.98. The molecule has 0 rings (SSSR count). The Balaban J connectivity index is 0. The predicted molar refractivity (Wildman–Crippen MR) is 76.8 cm³/mol. The largest absolute Gasteiger partial charge is 0.395 e. The Morgan fingerprint density at radius 3 is 1.79 bits per heavy atom. The molecular weight excluding hydrogens is 270 g/mol. The molecule has 0 amide bonds. The van der Waals surface area contributed by atoms with Crippen LogP contribution in [0.5, 0.6) is 0 Å². The monoisotopic (exact) mass is 299 g/mol. The first kappa shape index (κ1) is 21.1. The summed E-state index contributed by atoms with van der Waals surface area (Å²) in [4.78, 5) is 0. The van der Waals surface area contributed by atoms with Gasteiger partial charge < -0.3 is 15.5 Å². The van der Waals surface area contributed by atoms with Crippen molar-refractivity contribution in [2.24, 2.45) is 0 Å². The molecule has 0 heterocycles. The Labute approximate surface area is 117 Å². The van der Waals surface area contributed by atoms with Crippen molar-refractivity contribution < 1.29 is 23.2 Å². The van der Waals surface area contributed by atoms with E-state index in [0.717, 1.165) is 12.8 Å². The van der Waals surface area contributed by atoms with Gasteiger partial charge in [-0.3, -0.25) is 4.55 Å². The van der Waals surface area contributed by atoms with Crippen molar-refractivity contribution >= 4 is 10.1 Å². The Morgan fingerprint density at radius 1 is 0.895 bits per heavy atom. The van der Waals surface area contributed by atoms with Crippen molar-refractivity contribution in [3.05, 3.63) is 0 Å². The van der Waals surface area contributed by atoms with Crippen molar-refractivity contribution in [2.45, 2.75) is 45.4 Å². The minimum atomic E-state index is -3.72. The first-order valence-electron chi connectivity index (χ1n) is 6.85. The zero-order valence-electron chi connectivity index (χ0n) is 11.8. The summed E-state index contributed by atoms with van der Waals surface area (Å²) in [7, 11) is -3.72. The van der Waals surface area contributed by atoms with E-state index in [1.807, 2.05) is 0 Å². The van der Waals surface area contributed by atoms with Crippen LogP contribution in [0.25, 0.3) is 0 Å². The molecule has 0 saturated heterocycles. The molecule has 0 aliphatic heterocycles. The number of rotatable bonds is 11. The number of nitrogens with one attached hydrogen (secondary N) is 1. The van der Waals surface area contributed by atoms with Crippen LogP contribution in [-0.4, -0.2) is 55.2 Å². The second-order valence-corrected chi connectivity index (χ2v) is 5.82. The molecule has 19 heavy (non-hydrogen) atoms. The third-order valence-electron chi connectivity index (χ3n) is 2.33. The van der Waals surface area contributed by atoms with Gasteiger partial charge in [-0.15, -0.1) is 0 Å². The van der Waals surface area contributed by atoms with Gasteiger partial charge >= 0.3 is 0 Å². The van der Waals surface area contributed by atoms with Gasteiger partial charge in [0.1, 0.15) is 0 Å². The van der Waals surface area contributed by atoms with Crippen molar-refractivity contribution in [2.75, 3.05) is 32.1 Å². The van der Waals surface area contributed by atoms with E-state index in [-0.39, 0.29) is 19.0 Å². The lowest BCUT2D eigenvalue weighted by molar-refractivity contribution is 0.266. The summed E-state index contributed by atoms with van der Waals surface area (Å²) in [6.07, 6.45) is 6.14. The molecule has 0 aromatic heterocycles. The molecule has 118 valence electrons. The van der Waals surface area contributed by atoms with Crippen LogP contribution in [0.15, 0.2) is 0 Å². The SMILES string of the molecule is CCCCCCCCS(=O)(=O)O.OCCNCCO. The topological polar surface area (TPSA) is 107 Å². The number of hydrogen-bond acceptors (Lipinski definition) is 5. The summed E-state index contributed by atoms with van der Waals surface area (Å²) in [5, 5.41) is 19.1. The minimum Gasteiger partial charge on any atom is -0.395 e. The minimum absolute atomic E-state index is 0.0842. The van der Waals surface area contributed by atoms with Crippen molar-refractivity contribution in [1.82, 2.24) is 5.32 Å². The molecule has 6 nitrogen and oxygen atoms in total. The molecule has 7 heteroatoms. The van der Waals surface area contributed by atoms with Crippen LogP contribution in [0.1, 0.15) is 45.4 Å². The van der Waals surface area contributed by atoms with Crippen LogP contribution in [-0.2, 0) is 10.1 Å². The second-order valence-electron chi connectivity index (χ2n) is 4.25. The van der Waals surface area contributed by atoms with Crippen LogP contribution in [0.3, 0.4) is 0 Å². The van der Waals surface area contributed by atoms with Crippen molar-refractivity contribution in [3.63, 3.8) is 0 Å². The molecular formula is C12H29NO5S. The van der Waals surface area contributed by atoms with Gasteiger partial charge in [0.25, 0.3) is 10.1 Å². The number of aliphatic hydroxyl groups is 2. The van der Waals surface area contributed by atoms with Gasteiger partial charge in [-0.1, -0.05) is 39.0 Å². The molecule has 0 bridgehead atoms. The van der Waals surface area contributed by atoms with Crippen LogP contribution in [0.4, 0.5) is 0 Å².